The molecule has 5 heteroatoms. The number of carbonyl (C=O) groups excluding carboxylic acids is 1. The van der Waals surface area contributed by atoms with Gasteiger partial charge >= 0.3 is 0 Å². The molecule has 2 rings (SSSR count). The molecule has 0 atom stereocenters. The van der Waals surface area contributed by atoms with Gasteiger partial charge in [0.2, 0.25) is 5.91 Å². The van der Waals surface area contributed by atoms with Gasteiger partial charge in [0, 0.05) is 16.6 Å². The Kier molecular flexibility index (Phi) is 4.39. The summed E-state index contributed by atoms with van der Waals surface area (Å²) in [6.45, 7) is 2.37. The van der Waals surface area contributed by atoms with Crippen LogP contribution in [-0.4, -0.2) is 5.91 Å². The number of halogens is 2. The second-order valence-electron chi connectivity index (χ2n) is 4.48. The monoisotopic (exact) mass is 336 g/mol. The van der Waals surface area contributed by atoms with Crippen LogP contribution in [0.25, 0.3) is 0 Å². The number of amides is 1. The summed E-state index contributed by atoms with van der Waals surface area (Å²) in [7, 11) is 0. The maximum absolute atomic E-state index is 13.7. The first-order valence-electron chi connectivity index (χ1n) is 6.05. The van der Waals surface area contributed by atoms with Crippen LogP contribution in [0.5, 0.6) is 0 Å². The molecule has 0 aliphatic heterocycles. The Morgan fingerprint density at radius 1 is 1.30 bits per heavy atom. The first kappa shape index (κ1) is 14.5. The zero-order valence-corrected chi connectivity index (χ0v) is 12.5. The number of benzene rings is 2. The number of rotatable bonds is 4. The first-order valence-corrected chi connectivity index (χ1v) is 6.85. The summed E-state index contributed by atoms with van der Waals surface area (Å²) in [5, 5.41) is 3.03. The molecular formula is C15H14BrFN2O. The van der Waals surface area contributed by atoms with Crippen LogP contribution in [-0.2, 0) is 6.54 Å². The Morgan fingerprint density at radius 2 is 2.05 bits per heavy atom. The van der Waals surface area contributed by atoms with E-state index in [2.05, 4.69) is 21.2 Å². The minimum atomic E-state index is -0.452. The van der Waals surface area contributed by atoms with Gasteiger partial charge in [-0.15, -0.1) is 0 Å². The van der Waals surface area contributed by atoms with E-state index >= 15 is 0 Å². The van der Waals surface area contributed by atoms with E-state index in [1.54, 1.807) is 24.3 Å². The largest absolute Gasteiger partial charge is 0.379 e. The van der Waals surface area contributed by atoms with E-state index in [0.29, 0.717) is 22.3 Å². The molecule has 1 amide bonds. The van der Waals surface area contributed by atoms with Crippen molar-refractivity contribution in [2.45, 2.75) is 13.5 Å². The number of carbonyl (C=O) groups is 1. The second kappa shape index (κ2) is 6.05. The van der Waals surface area contributed by atoms with Crippen LogP contribution in [0.3, 0.4) is 0 Å². The predicted octanol–water partition coefficient (Wildman–Crippen LogP) is 3.61. The van der Waals surface area contributed by atoms with Gasteiger partial charge in [-0.3, -0.25) is 4.79 Å². The Bertz CT molecular complexity index is 658. The molecule has 2 aromatic carbocycles. The lowest BCUT2D eigenvalue weighted by Gasteiger charge is -2.11. The van der Waals surface area contributed by atoms with Crippen LogP contribution >= 0.6 is 15.9 Å². The van der Waals surface area contributed by atoms with Gasteiger partial charge in [-0.2, -0.15) is 0 Å². The molecule has 0 aliphatic carbocycles. The van der Waals surface area contributed by atoms with Crippen molar-refractivity contribution in [3.8, 4) is 0 Å². The summed E-state index contributed by atoms with van der Waals surface area (Å²) in [6.07, 6.45) is 0. The Labute approximate surface area is 125 Å². The molecular weight excluding hydrogens is 323 g/mol. The Morgan fingerprint density at radius 3 is 2.65 bits per heavy atom. The summed E-state index contributed by atoms with van der Waals surface area (Å²) >= 11 is 3.21. The third-order valence-corrected chi connectivity index (χ3v) is 3.52. The summed E-state index contributed by atoms with van der Waals surface area (Å²) in [5.74, 6) is -0.766. The van der Waals surface area contributed by atoms with E-state index < -0.39 is 5.91 Å². The van der Waals surface area contributed by atoms with Gasteiger partial charge in [0.05, 0.1) is 5.69 Å². The molecule has 2 aromatic rings. The van der Waals surface area contributed by atoms with Gasteiger partial charge in [-0.05, 0) is 48.4 Å². The number of nitrogens with one attached hydrogen (secondary N) is 1. The van der Waals surface area contributed by atoms with Crippen LogP contribution in [0, 0.1) is 12.7 Å². The lowest BCUT2D eigenvalue weighted by Crippen LogP contribution is -2.12. The number of nitrogens with two attached hydrogens (primary N) is 1. The van der Waals surface area contributed by atoms with Crippen molar-refractivity contribution in [2.24, 2.45) is 5.73 Å². The van der Waals surface area contributed by atoms with E-state index in [4.69, 9.17) is 5.73 Å². The molecule has 0 fully saturated rings. The van der Waals surface area contributed by atoms with Gasteiger partial charge in [0.1, 0.15) is 5.82 Å². The Balaban J connectivity index is 2.13. The number of hydrogen-bond donors (Lipinski definition) is 2. The number of primary amides is 1. The van der Waals surface area contributed by atoms with Crippen molar-refractivity contribution in [2.75, 3.05) is 5.32 Å². The van der Waals surface area contributed by atoms with Crippen molar-refractivity contribution in [1.29, 1.82) is 0 Å². The van der Waals surface area contributed by atoms with E-state index in [1.165, 1.54) is 6.07 Å². The molecule has 104 valence electrons. The van der Waals surface area contributed by atoms with Crippen molar-refractivity contribution in [3.63, 3.8) is 0 Å². The molecule has 0 unspecified atom stereocenters. The fourth-order valence-electron chi connectivity index (χ4n) is 1.87. The summed E-state index contributed by atoms with van der Waals surface area (Å²) in [5.41, 5.74) is 8.05. The number of aryl methyl sites for hydroxylation is 1. The average molecular weight is 337 g/mol. The fourth-order valence-corrected chi connectivity index (χ4v) is 2.20. The molecule has 0 heterocycles. The van der Waals surface area contributed by atoms with Gasteiger partial charge < -0.3 is 11.1 Å². The highest BCUT2D eigenvalue weighted by atomic mass is 79.9. The Hall–Kier alpha value is -1.88. The SMILES string of the molecule is Cc1cc(C(N)=O)ccc1CNc1ccc(Br)cc1F. The lowest BCUT2D eigenvalue weighted by atomic mass is 10.0. The van der Waals surface area contributed by atoms with Crippen LogP contribution in [0.2, 0.25) is 0 Å². The van der Waals surface area contributed by atoms with Crippen LogP contribution in [0.15, 0.2) is 40.9 Å². The molecule has 3 N–H and O–H groups in total. The van der Waals surface area contributed by atoms with E-state index in [0.717, 1.165) is 11.1 Å². The zero-order valence-electron chi connectivity index (χ0n) is 10.9. The molecule has 0 aromatic heterocycles. The number of anilines is 1. The molecule has 0 spiro atoms. The minimum absolute atomic E-state index is 0.314. The van der Waals surface area contributed by atoms with Crippen molar-refractivity contribution in [1.82, 2.24) is 0 Å². The molecule has 0 saturated carbocycles. The molecule has 0 saturated heterocycles. The summed E-state index contributed by atoms with van der Waals surface area (Å²) in [4.78, 5) is 11.1. The second-order valence-corrected chi connectivity index (χ2v) is 5.40. The van der Waals surface area contributed by atoms with E-state index in [9.17, 15) is 9.18 Å². The first-order chi connectivity index (χ1) is 9.47. The van der Waals surface area contributed by atoms with Crippen LogP contribution < -0.4 is 11.1 Å². The highest BCUT2D eigenvalue weighted by molar-refractivity contribution is 9.10. The van der Waals surface area contributed by atoms with Gasteiger partial charge in [-0.25, -0.2) is 4.39 Å². The van der Waals surface area contributed by atoms with E-state index in [-0.39, 0.29) is 5.82 Å². The van der Waals surface area contributed by atoms with Gasteiger partial charge in [-0.1, -0.05) is 22.0 Å². The summed E-state index contributed by atoms with van der Waals surface area (Å²) < 4.78 is 14.4. The normalized spacial score (nSPS) is 10.3. The molecule has 20 heavy (non-hydrogen) atoms. The standard InChI is InChI=1S/C15H14BrFN2O/c1-9-6-10(15(18)20)2-3-11(9)8-19-14-5-4-12(16)7-13(14)17/h2-7,19H,8H2,1H3,(H2,18,20). The maximum Gasteiger partial charge on any atom is 0.248 e. The van der Waals surface area contributed by atoms with Gasteiger partial charge in [0.25, 0.3) is 0 Å². The molecule has 0 radical (unpaired) electrons. The van der Waals surface area contributed by atoms with Gasteiger partial charge in [0.15, 0.2) is 0 Å². The zero-order chi connectivity index (χ0) is 14.7. The van der Waals surface area contributed by atoms with Crippen molar-refractivity contribution in [3.05, 3.63) is 63.4 Å². The maximum atomic E-state index is 13.7. The van der Waals surface area contributed by atoms with Crippen molar-refractivity contribution >= 4 is 27.5 Å². The smallest absolute Gasteiger partial charge is 0.248 e. The topological polar surface area (TPSA) is 55.1 Å². The fraction of sp³-hybridized carbons (Fsp3) is 0.133. The average Bonchev–Trinajstić information content (AvgIpc) is 2.38. The number of hydrogen-bond acceptors (Lipinski definition) is 2. The third-order valence-electron chi connectivity index (χ3n) is 3.03. The third kappa shape index (κ3) is 3.36. The molecule has 3 nitrogen and oxygen atoms in total. The minimum Gasteiger partial charge on any atom is -0.379 e. The quantitative estimate of drug-likeness (QED) is 0.896. The predicted molar refractivity (Wildman–Crippen MR) is 81.1 cm³/mol. The molecule has 0 bridgehead atoms. The lowest BCUT2D eigenvalue weighted by molar-refractivity contribution is 0.1000. The summed E-state index contributed by atoms with van der Waals surface area (Å²) in [6, 6.07) is 10.1. The highest BCUT2D eigenvalue weighted by Crippen LogP contribution is 2.20. The van der Waals surface area contributed by atoms with Crippen LogP contribution in [0.1, 0.15) is 21.5 Å². The van der Waals surface area contributed by atoms with Crippen LogP contribution in [0.4, 0.5) is 10.1 Å². The highest BCUT2D eigenvalue weighted by Gasteiger charge is 2.06. The molecule has 0 aliphatic rings. The van der Waals surface area contributed by atoms with E-state index in [1.807, 2.05) is 13.0 Å². The van der Waals surface area contributed by atoms with Crippen molar-refractivity contribution < 1.29 is 9.18 Å².